The summed E-state index contributed by atoms with van der Waals surface area (Å²) in [5.74, 6) is -0.390. The summed E-state index contributed by atoms with van der Waals surface area (Å²) in [6.45, 7) is 9.88. The highest BCUT2D eigenvalue weighted by Crippen LogP contribution is 2.05. The summed E-state index contributed by atoms with van der Waals surface area (Å²) in [7, 11) is 0. The van der Waals surface area contributed by atoms with E-state index in [-0.39, 0.29) is 6.03 Å². The molecule has 0 aliphatic carbocycles. The maximum absolute atomic E-state index is 11.8. The molecule has 1 aliphatic rings. The Morgan fingerprint density at radius 1 is 1.17 bits per heavy atom. The van der Waals surface area contributed by atoms with E-state index in [0.29, 0.717) is 19.0 Å². The van der Waals surface area contributed by atoms with Crippen molar-refractivity contribution in [1.29, 1.82) is 0 Å². The maximum Gasteiger partial charge on any atom is 0.325 e. The minimum Gasteiger partial charge on any atom is -0.480 e. The lowest BCUT2D eigenvalue weighted by Gasteiger charge is -2.35. The molecule has 0 spiro atoms. The van der Waals surface area contributed by atoms with Crippen LogP contribution in [0.1, 0.15) is 20.8 Å². The van der Waals surface area contributed by atoms with Gasteiger partial charge in [0, 0.05) is 32.7 Å². The van der Waals surface area contributed by atoms with Crippen molar-refractivity contribution in [2.45, 2.75) is 26.8 Å². The lowest BCUT2D eigenvalue weighted by Crippen LogP contribution is -2.54. The van der Waals surface area contributed by atoms with Crippen molar-refractivity contribution in [3.05, 3.63) is 0 Å². The fraction of sp³-hybridized carbons (Fsp3) is 0.833. The van der Waals surface area contributed by atoms with Crippen molar-refractivity contribution in [3.63, 3.8) is 0 Å². The number of nitrogens with one attached hydrogen (secondary N) is 1. The summed E-state index contributed by atoms with van der Waals surface area (Å²) < 4.78 is 0. The van der Waals surface area contributed by atoms with Gasteiger partial charge in [-0.15, -0.1) is 0 Å². The third kappa shape index (κ3) is 4.52. The number of piperazine rings is 1. The van der Waals surface area contributed by atoms with Crippen molar-refractivity contribution in [3.8, 4) is 0 Å². The van der Waals surface area contributed by atoms with E-state index < -0.39 is 12.0 Å². The molecule has 0 saturated carbocycles. The molecule has 2 amide bonds. The molecule has 0 aromatic carbocycles. The SMILES string of the molecule is CC(C)CN1CCN(C(=O)N[C@H](C)C(=O)O)CC1. The first kappa shape index (κ1) is 14.8. The van der Waals surface area contributed by atoms with Crippen LogP contribution in [0.3, 0.4) is 0 Å². The number of carboxylic acids is 1. The minimum atomic E-state index is -1.01. The second kappa shape index (κ2) is 6.58. The molecular formula is C12H23N3O3. The number of carbonyl (C=O) groups excluding carboxylic acids is 1. The van der Waals surface area contributed by atoms with Crippen LogP contribution in [0.2, 0.25) is 0 Å². The van der Waals surface area contributed by atoms with E-state index >= 15 is 0 Å². The van der Waals surface area contributed by atoms with Gasteiger partial charge >= 0.3 is 12.0 Å². The zero-order valence-electron chi connectivity index (χ0n) is 11.3. The van der Waals surface area contributed by atoms with Crippen LogP contribution in [0.5, 0.6) is 0 Å². The Bertz CT molecular complexity index is 299. The number of rotatable bonds is 4. The second-order valence-electron chi connectivity index (χ2n) is 5.19. The number of aliphatic carboxylic acids is 1. The van der Waals surface area contributed by atoms with Crippen LogP contribution in [0.15, 0.2) is 0 Å². The van der Waals surface area contributed by atoms with Gasteiger partial charge in [-0.25, -0.2) is 4.79 Å². The Hall–Kier alpha value is -1.30. The van der Waals surface area contributed by atoms with Crippen molar-refractivity contribution in [2.75, 3.05) is 32.7 Å². The van der Waals surface area contributed by atoms with Gasteiger partial charge in [0.25, 0.3) is 0 Å². The topological polar surface area (TPSA) is 72.9 Å². The highest BCUT2D eigenvalue weighted by Gasteiger charge is 2.23. The van der Waals surface area contributed by atoms with E-state index in [0.717, 1.165) is 19.6 Å². The Labute approximate surface area is 108 Å². The molecule has 0 aromatic heterocycles. The van der Waals surface area contributed by atoms with E-state index in [2.05, 4.69) is 24.1 Å². The number of carbonyl (C=O) groups is 2. The molecule has 2 N–H and O–H groups in total. The van der Waals surface area contributed by atoms with E-state index in [1.54, 1.807) is 4.90 Å². The first-order chi connectivity index (χ1) is 8.40. The van der Waals surface area contributed by atoms with Crippen LogP contribution in [0.4, 0.5) is 4.79 Å². The number of hydrogen-bond acceptors (Lipinski definition) is 3. The molecule has 0 radical (unpaired) electrons. The fourth-order valence-corrected chi connectivity index (χ4v) is 1.99. The van der Waals surface area contributed by atoms with Crippen LogP contribution in [0, 0.1) is 5.92 Å². The van der Waals surface area contributed by atoms with Crippen LogP contribution < -0.4 is 5.32 Å². The van der Waals surface area contributed by atoms with Gasteiger partial charge in [-0.2, -0.15) is 0 Å². The first-order valence-corrected chi connectivity index (χ1v) is 6.40. The molecule has 18 heavy (non-hydrogen) atoms. The normalized spacial score (nSPS) is 18.8. The summed E-state index contributed by atoms with van der Waals surface area (Å²) in [5.41, 5.74) is 0. The summed E-state index contributed by atoms with van der Waals surface area (Å²) in [4.78, 5) is 26.4. The Balaban J connectivity index is 2.34. The Kier molecular flexibility index (Phi) is 5.40. The summed E-state index contributed by atoms with van der Waals surface area (Å²) in [5, 5.41) is 11.2. The standard InChI is InChI=1S/C12H23N3O3/c1-9(2)8-14-4-6-15(7-5-14)12(18)13-10(3)11(16)17/h9-10H,4-8H2,1-3H3,(H,13,18)(H,16,17)/t10-/m1/s1. The van der Waals surface area contributed by atoms with Crippen molar-refractivity contribution in [2.24, 2.45) is 5.92 Å². The van der Waals surface area contributed by atoms with Crippen LogP contribution in [-0.4, -0.2) is 65.7 Å². The van der Waals surface area contributed by atoms with E-state index in [1.165, 1.54) is 6.92 Å². The zero-order chi connectivity index (χ0) is 13.7. The maximum atomic E-state index is 11.8. The van der Waals surface area contributed by atoms with Gasteiger partial charge in [-0.3, -0.25) is 9.69 Å². The third-order valence-electron chi connectivity index (χ3n) is 2.99. The predicted molar refractivity (Wildman–Crippen MR) is 68.5 cm³/mol. The van der Waals surface area contributed by atoms with E-state index in [4.69, 9.17) is 5.11 Å². The number of hydrogen-bond donors (Lipinski definition) is 2. The van der Waals surface area contributed by atoms with Gasteiger partial charge in [-0.05, 0) is 12.8 Å². The molecule has 6 heteroatoms. The van der Waals surface area contributed by atoms with Crippen molar-refractivity contribution < 1.29 is 14.7 Å². The third-order valence-corrected chi connectivity index (χ3v) is 2.99. The number of amides is 2. The molecule has 0 unspecified atom stereocenters. The quantitative estimate of drug-likeness (QED) is 0.766. The van der Waals surface area contributed by atoms with Gasteiger partial charge in [0.15, 0.2) is 0 Å². The van der Waals surface area contributed by atoms with Crippen LogP contribution in [-0.2, 0) is 4.79 Å². The summed E-state index contributed by atoms with van der Waals surface area (Å²) >= 11 is 0. The van der Waals surface area contributed by atoms with Gasteiger partial charge < -0.3 is 15.3 Å². The minimum absolute atomic E-state index is 0.283. The lowest BCUT2D eigenvalue weighted by atomic mass is 10.2. The predicted octanol–water partition coefficient (Wildman–Crippen LogP) is 0.443. The molecule has 0 aromatic rings. The Morgan fingerprint density at radius 2 is 1.72 bits per heavy atom. The Morgan fingerprint density at radius 3 is 2.17 bits per heavy atom. The highest BCUT2D eigenvalue weighted by atomic mass is 16.4. The first-order valence-electron chi connectivity index (χ1n) is 6.40. The monoisotopic (exact) mass is 257 g/mol. The molecule has 1 saturated heterocycles. The zero-order valence-corrected chi connectivity index (χ0v) is 11.3. The molecule has 0 bridgehead atoms. The number of nitrogens with zero attached hydrogens (tertiary/aromatic N) is 2. The van der Waals surface area contributed by atoms with Gasteiger partial charge in [0.1, 0.15) is 6.04 Å². The lowest BCUT2D eigenvalue weighted by molar-refractivity contribution is -0.138. The van der Waals surface area contributed by atoms with E-state index in [1.807, 2.05) is 0 Å². The second-order valence-corrected chi connectivity index (χ2v) is 5.19. The number of carboxylic acid groups (broad SMARTS) is 1. The molecule has 1 atom stereocenters. The highest BCUT2D eigenvalue weighted by molar-refractivity contribution is 5.82. The molecule has 1 rings (SSSR count). The van der Waals surface area contributed by atoms with Crippen LogP contribution in [0.25, 0.3) is 0 Å². The summed E-state index contributed by atoms with van der Waals surface area (Å²) in [6, 6.07) is -1.12. The molecular weight excluding hydrogens is 234 g/mol. The number of urea groups is 1. The smallest absolute Gasteiger partial charge is 0.325 e. The van der Waals surface area contributed by atoms with Crippen LogP contribution >= 0.6 is 0 Å². The van der Waals surface area contributed by atoms with Crippen molar-refractivity contribution in [1.82, 2.24) is 15.1 Å². The molecule has 6 nitrogen and oxygen atoms in total. The van der Waals surface area contributed by atoms with Gasteiger partial charge in [0.05, 0.1) is 0 Å². The van der Waals surface area contributed by atoms with Gasteiger partial charge in [0.2, 0.25) is 0 Å². The van der Waals surface area contributed by atoms with Crippen molar-refractivity contribution >= 4 is 12.0 Å². The average Bonchev–Trinajstić information content (AvgIpc) is 2.28. The molecule has 1 heterocycles. The van der Waals surface area contributed by atoms with E-state index in [9.17, 15) is 9.59 Å². The summed E-state index contributed by atoms with van der Waals surface area (Å²) in [6.07, 6.45) is 0. The largest absolute Gasteiger partial charge is 0.480 e. The van der Waals surface area contributed by atoms with Gasteiger partial charge in [-0.1, -0.05) is 13.8 Å². The molecule has 104 valence electrons. The average molecular weight is 257 g/mol. The fourth-order valence-electron chi connectivity index (χ4n) is 1.99. The molecule has 1 fully saturated rings. The molecule has 1 aliphatic heterocycles.